The summed E-state index contributed by atoms with van der Waals surface area (Å²) in [6.45, 7) is 25.2. The van der Waals surface area contributed by atoms with E-state index < -0.39 is 10.8 Å². The molecule has 0 radical (unpaired) electrons. The van der Waals surface area contributed by atoms with Gasteiger partial charge in [-0.25, -0.2) is 4.85 Å². The van der Waals surface area contributed by atoms with Crippen molar-refractivity contribution in [2.45, 2.75) is 100 Å². The highest BCUT2D eigenvalue weighted by Crippen LogP contribution is 2.74. The molecule has 3 fully saturated rings. The Morgan fingerprint density at radius 1 is 1.00 bits per heavy atom. The van der Waals surface area contributed by atoms with Crippen LogP contribution in [0.1, 0.15) is 103 Å². The first-order chi connectivity index (χ1) is 19.0. The quantitative estimate of drug-likeness (QED) is 0.331. The van der Waals surface area contributed by atoms with E-state index in [2.05, 4.69) is 45.5 Å². The molecule has 218 valence electrons. The molecule has 1 aromatic heterocycles. The number of carbonyl (C=O) groups excluding carboxylic acids is 3. The molecule has 5 nitrogen and oxygen atoms in total. The second-order valence-electron chi connectivity index (χ2n) is 15.9. The SMILES string of the molecule is [C-]#[N+]C1=C[C@]2(C)C3=CC(=O)[C@@H]4[C@@H]5CC(C)(C)CC[C@]5(C(=O)n5cc(C)cc5C)CC[C@@]4(C)[C@]3(C)CC[C@H]2[C@H](C)C1=O. The topological polar surface area (TPSA) is 60.5 Å². The summed E-state index contributed by atoms with van der Waals surface area (Å²) in [7, 11) is 0. The van der Waals surface area contributed by atoms with Gasteiger partial charge in [-0.3, -0.25) is 14.2 Å². The van der Waals surface area contributed by atoms with Crippen LogP contribution in [0.2, 0.25) is 0 Å². The molecule has 0 unspecified atom stereocenters. The van der Waals surface area contributed by atoms with E-state index in [1.165, 1.54) is 0 Å². The van der Waals surface area contributed by atoms with Crippen molar-refractivity contribution in [3.8, 4) is 0 Å². The van der Waals surface area contributed by atoms with Crippen LogP contribution in [0.4, 0.5) is 0 Å². The van der Waals surface area contributed by atoms with E-state index >= 15 is 0 Å². The fourth-order valence-electron chi connectivity index (χ4n) is 10.8. The van der Waals surface area contributed by atoms with Gasteiger partial charge in [0.15, 0.2) is 11.6 Å². The predicted molar refractivity (Wildman–Crippen MR) is 160 cm³/mol. The lowest BCUT2D eigenvalue weighted by Crippen LogP contribution is -2.65. The summed E-state index contributed by atoms with van der Waals surface area (Å²) < 4.78 is 1.88. The van der Waals surface area contributed by atoms with Crippen LogP contribution in [0.3, 0.4) is 0 Å². The highest BCUT2D eigenvalue weighted by molar-refractivity contribution is 6.01. The summed E-state index contributed by atoms with van der Waals surface area (Å²) >= 11 is 0. The van der Waals surface area contributed by atoms with Crippen molar-refractivity contribution in [2.75, 3.05) is 0 Å². The molecule has 0 spiro atoms. The molecule has 3 saturated carbocycles. The molecule has 0 aromatic carbocycles. The van der Waals surface area contributed by atoms with E-state index in [4.69, 9.17) is 6.57 Å². The molecule has 8 atom stereocenters. The minimum atomic E-state index is -0.544. The zero-order valence-electron chi connectivity index (χ0n) is 26.2. The number of rotatable bonds is 1. The number of aryl methyl sites for hydroxylation is 2. The average Bonchev–Trinajstić information content (AvgIpc) is 3.24. The van der Waals surface area contributed by atoms with Crippen LogP contribution in [0, 0.1) is 71.2 Å². The van der Waals surface area contributed by atoms with Gasteiger partial charge in [0.1, 0.15) is 0 Å². The largest absolute Gasteiger partial charge is 0.308 e. The summed E-state index contributed by atoms with van der Waals surface area (Å²) in [4.78, 5) is 45.9. The van der Waals surface area contributed by atoms with Gasteiger partial charge in [-0.2, -0.15) is 0 Å². The molecule has 0 amide bonds. The first kappa shape index (κ1) is 28.4. The van der Waals surface area contributed by atoms with Gasteiger partial charge in [0, 0.05) is 29.1 Å². The maximum absolute atomic E-state index is 14.6. The van der Waals surface area contributed by atoms with Crippen molar-refractivity contribution in [1.29, 1.82) is 0 Å². The molecule has 6 rings (SSSR count). The maximum Gasteiger partial charge on any atom is 0.237 e. The second-order valence-corrected chi connectivity index (χ2v) is 15.9. The summed E-state index contributed by atoms with van der Waals surface area (Å²) in [6, 6.07) is 2.07. The zero-order valence-corrected chi connectivity index (χ0v) is 26.2. The lowest BCUT2D eigenvalue weighted by atomic mass is 9.35. The van der Waals surface area contributed by atoms with Crippen LogP contribution in [0.5, 0.6) is 0 Å². The van der Waals surface area contributed by atoms with Crippen LogP contribution in [0.25, 0.3) is 4.85 Å². The van der Waals surface area contributed by atoms with E-state index in [1.54, 1.807) is 0 Å². The Morgan fingerprint density at radius 3 is 2.32 bits per heavy atom. The van der Waals surface area contributed by atoms with E-state index in [1.807, 2.05) is 43.7 Å². The molecular formula is C36H46N2O3. The van der Waals surface area contributed by atoms with Crippen LogP contribution < -0.4 is 0 Å². The third kappa shape index (κ3) is 3.55. The molecule has 0 N–H and O–H groups in total. The van der Waals surface area contributed by atoms with Crippen molar-refractivity contribution in [3.05, 3.63) is 58.4 Å². The van der Waals surface area contributed by atoms with Gasteiger partial charge < -0.3 is 4.79 Å². The molecule has 1 aromatic rings. The standard InChI is InChI=1S/C36H46N2O3/c1-21-16-22(2)38(20-21)31(41)36-14-12-32(4,5)18-25(36)29-27(39)17-28-33(6)19-26(37-9)30(40)23(3)24(33)10-11-34(28,7)35(29,8)13-15-36/h16-17,19-20,23-25,29H,10-15,18H2,1-8H3/t23-,24-,25-,29-,33-,34+,35+,36-/m0/s1. The number of fused-ring (bicyclic) bond motifs is 7. The van der Waals surface area contributed by atoms with Gasteiger partial charge >= 0.3 is 0 Å². The predicted octanol–water partition coefficient (Wildman–Crippen LogP) is 7.93. The van der Waals surface area contributed by atoms with Gasteiger partial charge in [-0.15, -0.1) is 0 Å². The minimum absolute atomic E-state index is 0.0199. The molecule has 1 heterocycles. The number of Topliss-reactive ketones (excluding diaryl/α,β-unsaturated/α-hetero) is 1. The first-order valence-electron chi connectivity index (χ1n) is 15.7. The Bertz CT molecular complexity index is 1480. The highest BCUT2D eigenvalue weighted by atomic mass is 16.2. The molecule has 0 saturated heterocycles. The van der Waals surface area contributed by atoms with Gasteiger partial charge in [0.2, 0.25) is 11.6 Å². The molecule has 0 bridgehead atoms. The normalized spacial score (nSPS) is 43.0. The van der Waals surface area contributed by atoms with Crippen molar-refractivity contribution in [2.24, 2.45) is 50.7 Å². The molecule has 5 heteroatoms. The van der Waals surface area contributed by atoms with Crippen LogP contribution in [0.15, 0.2) is 35.7 Å². The maximum atomic E-state index is 14.6. The molecule has 0 aliphatic heterocycles. The monoisotopic (exact) mass is 554 g/mol. The number of allylic oxidation sites excluding steroid dienone is 4. The number of hydrogen-bond acceptors (Lipinski definition) is 3. The fraction of sp³-hybridized carbons (Fsp3) is 0.667. The van der Waals surface area contributed by atoms with Gasteiger partial charge in [0.05, 0.1) is 12.0 Å². The number of ketones is 2. The first-order valence-corrected chi connectivity index (χ1v) is 15.7. The summed E-state index contributed by atoms with van der Waals surface area (Å²) in [6.07, 6.45) is 12.0. The van der Waals surface area contributed by atoms with E-state index in [-0.39, 0.29) is 63.1 Å². The number of aromatic nitrogens is 1. The molecule has 41 heavy (non-hydrogen) atoms. The van der Waals surface area contributed by atoms with Crippen LogP contribution >= 0.6 is 0 Å². The molecule has 5 aliphatic rings. The minimum Gasteiger partial charge on any atom is -0.308 e. The summed E-state index contributed by atoms with van der Waals surface area (Å²) in [5, 5.41) is 0. The molecule has 5 aliphatic carbocycles. The van der Waals surface area contributed by atoms with Crippen molar-refractivity contribution >= 4 is 17.5 Å². The zero-order chi connectivity index (χ0) is 29.9. The average molecular weight is 555 g/mol. The lowest BCUT2D eigenvalue weighted by molar-refractivity contribution is -0.162. The Labute approximate surface area is 245 Å². The van der Waals surface area contributed by atoms with Gasteiger partial charge in [-0.05, 0) is 105 Å². The van der Waals surface area contributed by atoms with Gasteiger partial charge in [-0.1, -0.05) is 53.2 Å². The third-order valence-electron chi connectivity index (χ3n) is 13.3. The number of carbonyl (C=O) groups is 3. The Kier molecular flexibility index (Phi) is 5.99. The highest BCUT2D eigenvalue weighted by Gasteiger charge is 2.70. The van der Waals surface area contributed by atoms with Crippen LogP contribution in [-0.2, 0) is 9.59 Å². The lowest BCUT2D eigenvalue weighted by Gasteiger charge is -2.68. The van der Waals surface area contributed by atoms with E-state index in [0.29, 0.717) is 0 Å². The Balaban J connectivity index is 1.52. The summed E-state index contributed by atoms with van der Waals surface area (Å²) in [5.74, 6) is -0.109. The second kappa shape index (κ2) is 8.65. The van der Waals surface area contributed by atoms with E-state index in [9.17, 15) is 14.4 Å². The third-order valence-corrected chi connectivity index (χ3v) is 13.3. The van der Waals surface area contributed by atoms with Crippen molar-refractivity contribution < 1.29 is 14.4 Å². The van der Waals surface area contributed by atoms with Crippen molar-refractivity contribution in [3.63, 3.8) is 0 Å². The van der Waals surface area contributed by atoms with Crippen molar-refractivity contribution in [1.82, 2.24) is 4.57 Å². The number of nitrogens with zero attached hydrogens (tertiary/aromatic N) is 2. The molecular weight excluding hydrogens is 508 g/mol. The van der Waals surface area contributed by atoms with Gasteiger partial charge in [0.25, 0.3) is 0 Å². The smallest absolute Gasteiger partial charge is 0.237 e. The number of hydrogen-bond donors (Lipinski definition) is 0. The van der Waals surface area contributed by atoms with Crippen LogP contribution in [-0.4, -0.2) is 22.0 Å². The fourth-order valence-corrected chi connectivity index (χ4v) is 10.8. The van der Waals surface area contributed by atoms with E-state index in [0.717, 1.165) is 61.8 Å². The summed E-state index contributed by atoms with van der Waals surface area (Å²) in [5.41, 5.74) is 1.87. The Morgan fingerprint density at radius 2 is 1.68 bits per heavy atom. The Hall–Kier alpha value is -2.74.